The maximum absolute atomic E-state index is 13.1. The van der Waals surface area contributed by atoms with Crippen LogP contribution in [-0.4, -0.2) is 188 Å². The van der Waals surface area contributed by atoms with E-state index in [-0.39, 0.29) is 12.2 Å². The van der Waals surface area contributed by atoms with Crippen LogP contribution in [0.4, 0.5) is 5.82 Å². The summed E-state index contributed by atoms with van der Waals surface area (Å²) in [4.78, 5) is 64.2. The van der Waals surface area contributed by atoms with Gasteiger partial charge in [0.1, 0.15) is 60.8 Å². The molecule has 3 aliphatic heterocycles. The molecule has 3 aliphatic rings. The van der Waals surface area contributed by atoms with Gasteiger partial charge in [-0.3, -0.25) is 18.7 Å². The summed E-state index contributed by atoms with van der Waals surface area (Å²) in [5.41, 5.74) is 4.45. The van der Waals surface area contributed by atoms with Crippen LogP contribution < -0.4 is 22.1 Å². The normalized spacial score (nSPS) is 36.9. The molecule has 16 atom stereocenters. The summed E-state index contributed by atoms with van der Waals surface area (Å²) in [5, 5.41) is 107. The zero-order valence-corrected chi connectivity index (χ0v) is 30.3. The van der Waals surface area contributed by atoms with Crippen molar-refractivity contribution in [2.45, 2.75) is 117 Å². The zero-order chi connectivity index (χ0) is 41.9. The molecule has 0 bridgehead atoms. The molecule has 4 rings (SSSR count). The first-order chi connectivity index (χ1) is 26.1. The van der Waals surface area contributed by atoms with Crippen LogP contribution in [0.25, 0.3) is 0 Å². The molecule has 15 N–H and O–H groups in total. The lowest BCUT2D eigenvalue weighted by atomic mass is 9.88. The number of carbonyl (C=O) groups excluding carboxylic acids is 2. The molecule has 0 spiro atoms. The van der Waals surface area contributed by atoms with Crippen molar-refractivity contribution in [1.29, 1.82) is 0 Å². The minimum Gasteiger partial charge on any atom is -0.477 e. The highest BCUT2D eigenvalue weighted by Crippen LogP contribution is 2.51. The maximum Gasteiger partial charge on any atom is 0.475 e. The minimum absolute atomic E-state index is 0.169. The second-order valence-corrected chi connectivity index (χ2v) is 14.6. The fraction of sp³-hybridized carbons (Fsp3) is 0.759. The topological polar surface area (TPSA) is 422 Å². The summed E-state index contributed by atoms with van der Waals surface area (Å²) in [5.74, 6) is -7.74. The molecule has 11 unspecified atom stereocenters. The van der Waals surface area contributed by atoms with Crippen LogP contribution >= 0.6 is 7.82 Å². The van der Waals surface area contributed by atoms with Gasteiger partial charge in [0.25, 0.3) is 5.79 Å². The summed E-state index contributed by atoms with van der Waals surface area (Å²) in [6.45, 7) is -1.49. The van der Waals surface area contributed by atoms with Gasteiger partial charge >= 0.3 is 19.5 Å². The van der Waals surface area contributed by atoms with Crippen LogP contribution in [0.2, 0.25) is 0 Å². The number of carbonyl (C=O) groups is 3. The molecule has 27 heteroatoms. The van der Waals surface area contributed by atoms with Crippen molar-refractivity contribution >= 4 is 31.4 Å². The molecule has 0 radical (unpaired) electrons. The van der Waals surface area contributed by atoms with E-state index in [0.717, 1.165) is 10.8 Å². The Balaban J connectivity index is 1.43. The Morgan fingerprint density at radius 2 is 1.68 bits per heavy atom. The second-order valence-electron chi connectivity index (χ2n) is 13.3. The molecule has 2 amide bonds. The smallest absolute Gasteiger partial charge is 0.475 e. The van der Waals surface area contributed by atoms with E-state index in [0.29, 0.717) is 0 Å². The fourth-order valence-electron chi connectivity index (χ4n) is 6.29. The number of aliphatic hydroxyl groups is 9. The third-order valence-electron chi connectivity index (χ3n) is 9.32. The van der Waals surface area contributed by atoms with Crippen molar-refractivity contribution in [3.05, 3.63) is 22.7 Å². The Labute approximate surface area is 315 Å². The van der Waals surface area contributed by atoms with Crippen LogP contribution in [-0.2, 0) is 42.2 Å². The average molecular weight is 832 g/mol. The lowest BCUT2D eigenvalue weighted by Gasteiger charge is -2.46. The van der Waals surface area contributed by atoms with Crippen molar-refractivity contribution < 1.29 is 98.2 Å². The summed E-state index contributed by atoms with van der Waals surface area (Å²) in [6, 6.07) is -0.683. The average Bonchev–Trinajstić information content (AvgIpc) is 3.42. The first-order valence-corrected chi connectivity index (χ1v) is 18.5. The van der Waals surface area contributed by atoms with E-state index >= 15 is 0 Å². The van der Waals surface area contributed by atoms with Gasteiger partial charge in [-0.05, 0) is 12.5 Å². The number of nitrogens with two attached hydrogens (primary N) is 1. The number of carboxylic acids is 1. The number of aromatic nitrogens is 2. The van der Waals surface area contributed by atoms with E-state index in [4.69, 9.17) is 29.0 Å². The molecule has 3 fully saturated rings. The third-order valence-corrected chi connectivity index (χ3v) is 10.3. The van der Waals surface area contributed by atoms with Gasteiger partial charge in [0.05, 0.1) is 50.5 Å². The predicted molar refractivity (Wildman–Crippen MR) is 177 cm³/mol. The number of nitrogen functional groups attached to an aromatic ring is 1. The number of aliphatic carboxylic acids is 1. The number of hydrogen-bond donors (Lipinski definition) is 14. The third kappa shape index (κ3) is 10.2. The second kappa shape index (κ2) is 18.5. The Kier molecular flexibility index (Phi) is 15.0. The van der Waals surface area contributed by atoms with Crippen molar-refractivity contribution in [2.24, 2.45) is 0 Å². The Bertz CT molecular complexity index is 1650. The number of nitrogens with one attached hydrogen (secondary N) is 2. The number of ether oxygens (including phenoxy) is 3. The molecule has 3 saturated heterocycles. The molecular weight excluding hydrogens is 785 g/mol. The number of rotatable bonds is 16. The monoisotopic (exact) mass is 831 g/mol. The summed E-state index contributed by atoms with van der Waals surface area (Å²) in [6.07, 6.45) is -23.2. The van der Waals surface area contributed by atoms with Crippen molar-refractivity contribution in [3.8, 4) is 0 Å². The summed E-state index contributed by atoms with van der Waals surface area (Å²) < 4.78 is 39.7. The number of hydrogen-bond acceptors (Lipinski definition) is 21. The maximum atomic E-state index is 13.1. The van der Waals surface area contributed by atoms with Gasteiger partial charge in [0.2, 0.25) is 11.8 Å². The molecule has 4 heterocycles. The molecule has 1 aromatic heterocycles. The lowest BCUT2D eigenvalue weighted by molar-refractivity contribution is -0.289. The van der Waals surface area contributed by atoms with Crippen molar-refractivity contribution in [1.82, 2.24) is 20.2 Å². The predicted octanol–water partition coefficient (Wildman–Crippen LogP) is -7.53. The van der Waals surface area contributed by atoms with E-state index in [9.17, 15) is 79.7 Å². The molecule has 0 aliphatic carbocycles. The molecule has 1 aromatic rings. The standard InChI is InChI=1S/C29H46N5O21P/c1-2-12-20(41)23(44)21(42)13(52-12)5-16(38)31-7-17(39)33-18-10(36)6-29(27(46)47,54-25(18)19(40)11(37)8-35)55-56(49,50)51-9-14-22(43)24(45)26(53-14)34-4-3-15(30)32-28(34)48/h3-4,10-14,18-26,35-37,40-45H,2,5-9H2,1H3,(H,31,38)(H,33,39)(H,46,47)(H,49,50)(H2,30,32,48)/t10?,11-,12?,13-,14?,18?,19-,20-,21?,22?,23+,24?,25?,26?,29?/m1/s1. The van der Waals surface area contributed by atoms with Crippen molar-refractivity contribution in [2.75, 3.05) is 25.5 Å². The number of anilines is 1. The highest BCUT2D eigenvalue weighted by molar-refractivity contribution is 7.47. The van der Waals surface area contributed by atoms with Crippen LogP contribution in [0.15, 0.2) is 17.1 Å². The quantitative estimate of drug-likeness (QED) is 0.0688. The number of phosphoric acid groups is 1. The van der Waals surface area contributed by atoms with Crippen LogP contribution in [0.1, 0.15) is 32.4 Å². The number of phosphoric ester groups is 1. The molecule has 26 nitrogen and oxygen atoms in total. The summed E-state index contributed by atoms with van der Waals surface area (Å²) >= 11 is 0. The van der Waals surface area contributed by atoms with Gasteiger partial charge in [-0.2, -0.15) is 4.98 Å². The minimum atomic E-state index is -5.68. The summed E-state index contributed by atoms with van der Waals surface area (Å²) in [7, 11) is -5.68. The van der Waals surface area contributed by atoms with Crippen LogP contribution in [0.3, 0.4) is 0 Å². The molecule has 56 heavy (non-hydrogen) atoms. The Morgan fingerprint density at radius 3 is 2.29 bits per heavy atom. The largest absolute Gasteiger partial charge is 0.477 e. The Morgan fingerprint density at radius 1 is 1.04 bits per heavy atom. The molecule has 318 valence electrons. The number of nitrogens with zero attached hydrogens (tertiary/aromatic N) is 2. The number of carboxylic acid groups (broad SMARTS) is 1. The number of amides is 2. The SMILES string of the molecule is CCC1O[C@H](CC(=O)NCC(=O)NC2C(O)CC(OP(=O)(O)OCC3OC(n4ccc(N)nc4=O)C(O)C3O)(C(=O)O)OC2[C@H](O)[C@H](O)CO)C(O)[C@@H](O)[C@@H]1O. The van der Waals surface area contributed by atoms with Gasteiger partial charge in [0, 0.05) is 12.6 Å². The molecule has 0 aromatic carbocycles. The van der Waals surface area contributed by atoms with Crippen molar-refractivity contribution in [3.63, 3.8) is 0 Å². The Hall–Kier alpha value is -3.28. The molecular formula is C29H46N5O21P. The molecule has 0 saturated carbocycles. The van der Waals surface area contributed by atoms with E-state index < -0.39 is 155 Å². The van der Waals surface area contributed by atoms with Gasteiger partial charge < -0.3 is 86.5 Å². The fourth-order valence-corrected chi connectivity index (χ4v) is 7.24. The van der Waals surface area contributed by atoms with E-state index in [2.05, 4.69) is 15.6 Å². The van der Waals surface area contributed by atoms with Gasteiger partial charge in [-0.1, -0.05) is 6.92 Å². The lowest BCUT2D eigenvalue weighted by Crippen LogP contribution is -2.68. The highest BCUT2D eigenvalue weighted by Gasteiger charge is 2.59. The van der Waals surface area contributed by atoms with Gasteiger partial charge in [-0.15, -0.1) is 0 Å². The van der Waals surface area contributed by atoms with E-state index in [1.165, 1.54) is 6.07 Å². The first-order valence-electron chi connectivity index (χ1n) is 17.0. The number of aliphatic hydroxyl groups excluding tert-OH is 9. The first kappa shape index (κ1) is 45.4. The highest BCUT2D eigenvalue weighted by atomic mass is 31.2. The van der Waals surface area contributed by atoms with Crippen LogP contribution in [0.5, 0.6) is 0 Å². The zero-order valence-electron chi connectivity index (χ0n) is 29.4. The van der Waals surface area contributed by atoms with Gasteiger partial charge in [0.15, 0.2) is 6.23 Å². The van der Waals surface area contributed by atoms with E-state index in [1.807, 2.05) is 0 Å². The van der Waals surface area contributed by atoms with Crippen LogP contribution in [0, 0.1) is 0 Å². The van der Waals surface area contributed by atoms with Gasteiger partial charge in [-0.25, -0.2) is 18.7 Å². The van der Waals surface area contributed by atoms with E-state index in [1.54, 1.807) is 6.92 Å².